The molecule has 0 aromatic heterocycles. The molecular weight excluding hydrogens is 312 g/mol. The molecule has 1 aromatic carbocycles. The molecule has 20 heavy (non-hydrogen) atoms. The Morgan fingerprint density at radius 3 is 2.65 bits per heavy atom. The van der Waals surface area contributed by atoms with Gasteiger partial charge in [0.1, 0.15) is 5.75 Å². The average Bonchev–Trinajstić information content (AvgIpc) is 2.35. The molecule has 8 nitrogen and oxygen atoms in total. The van der Waals surface area contributed by atoms with Gasteiger partial charge in [-0.1, -0.05) is 0 Å². The third-order valence-electron chi connectivity index (χ3n) is 2.13. The molecule has 0 fully saturated rings. The summed E-state index contributed by atoms with van der Waals surface area (Å²) in [6.07, 6.45) is 0. The van der Waals surface area contributed by atoms with Gasteiger partial charge < -0.3 is 10.1 Å². The van der Waals surface area contributed by atoms with Gasteiger partial charge in [-0.15, -0.1) is 0 Å². The summed E-state index contributed by atoms with van der Waals surface area (Å²) in [5.74, 6) is -0.415. The fraction of sp³-hybridized carbons (Fsp3) is 0.300. The smallest absolute Gasteiger partial charge is 0.289 e. The Morgan fingerprint density at radius 1 is 1.50 bits per heavy atom. The number of halogens is 1. The molecule has 0 radical (unpaired) electrons. The summed E-state index contributed by atoms with van der Waals surface area (Å²) in [5, 5.41) is 13.2. The third-order valence-corrected chi connectivity index (χ3v) is 3.49. The predicted molar refractivity (Wildman–Crippen MR) is 70.3 cm³/mol. The molecule has 1 amide bonds. The molecule has 0 aliphatic heterocycles. The van der Waals surface area contributed by atoms with Crippen LogP contribution < -0.4 is 10.1 Å². The highest BCUT2D eigenvalue weighted by Crippen LogP contribution is 2.30. The number of benzene rings is 1. The number of nitro benzene ring substituents is 1. The summed E-state index contributed by atoms with van der Waals surface area (Å²) < 4.78 is 27.6. The Labute approximate surface area is 119 Å². The molecule has 0 heterocycles. The number of ether oxygens (including phenoxy) is 1. The first kappa shape index (κ1) is 16.2. The number of likely N-dealkylation sites (N-methyl/N-ethyl adjacent to an activating group) is 1. The van der Waals surface area contributed by atoms with E-state index in [-0.39, 0.29) is 12.4 Å². The minimum absolute atomic E-state index is 0.0129. The van der Waals surface area contributed by atoms with Crippen molar-refractivity contribution in [2.75, 3.05) is 13.2 Å². The number of rotatable bonds is 6. The van der Waals surface area contributed by atoms with Crippen LogP contribution in [0.1, 0.15) is 6.92 Å². The first-order chi connectivity index (χ1) is 9.25. The van der Waals surface area contributed by atoms with Crippen molar-refractivity contribution in [2.24, 2.45) is 0 Å². The Bertz CT molecular complexity index is 631. The quantitative estimate of drug-likeness (QED) is 0.475. The van der Waals surface area contributed by atoms with Gasteiger partial charge in [0, 0.05) is 29.4 Å². The van der Waals surface area contributed by atoms with Gasteiger partial charge in [0.2, 0.25) is 0 Å². The van der Waals surface area contributed by atoms with E-state index in [1.807, 2.05) is 0 Å². The minimum Gasteiger partial charge on any atom is -0.484 e. The fourth-order valence-electron chi connectivity index (χ4n) is 1.33. The van der Waals surface area contributed by atoms with E-state index in [4.69, 9.17) is 15.4 Å². The molecule has 0 bridgehead atoms. The molecule has 10 heteroatoms. The van der Waals surface area contributed by atoms with Gasteiger partial charge >= 0.3 is 0 Å². The second kappa shape index (κ2) is 6.53. The number of nitrogens with zero attached hydrogens (tertiary/aromatic N) is 1. The van der Waals surface area contributed by atoms with Crippen molar-refractivity contribution in [3.05, 3.63) is 28.3 Å². The molecule has 1 aromatic rings. The first-order valence-corrected chi connectivity index (χ1v) is 7.69. The van der Waals surface area contributed by atoms with Gasteiger partial charge in [-0.25, -0.2) is 8.42 Å². The summed E-state index contributed by atoms with van der Waals surface area (Å²) in [7, 11) is 0.825. The highest BCUT2D eigenvalue weighted by atomic mass is 35.7. The maximum atomic E-state index is 11.3. The zero-order valence-electron chi connectivity index (χ0n) is 10.3. The number of nitrogens with one attached hydrogen (secondary N) is 1. The highest BCUT2D eigenvalue weighted by Gasteiger charge is 2.24. The number of hydrogen-bond donors (Lipinski definition) is 1. The van der Waals surface area contributed by atoms with Crippen LogP contribution in [0.3, 0.4) is 0 Å². The van der Waals surface area contributed by atoms with E-state index in [9.17, 15) is 23.3 Å². The van der Waals surface area contributed by atoms with E-state index >= 15 is 0 Å². The standard InChI is InChI=1S/C10H11ClN2O6S/c1-2-12-10(14)6-19-7-3-4-8(13(15)16)9(5-7)20(11,17)18/h3-5H,2,6H2,1H3,(H,12,14). The molecule has 0 aliphatic rings. The maximum absolute atomic E-state index is 11.3. The van der Waals surface area contributed by atoms with E-state index in [1.165, 1.54) is 6.07 Å². The van der Waals surface area contributed by atoms with Crippen LogP contribution in [0.15, 0.2) is 23.1 Å². The highest BCUT2D eigenvalue weighted by molar-refractivity contribution is 8.13. The normalized spacial score (nSPS) is 10.9. The summed E-state index contributed by atoms with van der Waals surface area (Å²) in [5.41, 5.74) is -0.662. The summed E-state index contributed by atoms with van der Waals surface area (Å²) >= 11 is 0. The molecule has 0 unspecified atom stereocenters. The predicted octanol–water partition coefficient (Wildman–Crippen LogP) is 1.04. The summed E-state index contributed by atoms with van der Waals surface area (Å²) in [6, 6.07) is 3.03. The number of carbonyl (C=O) groups is 1. The van der Waals surface area contributed by atoms with Crippen molar-refractivity contribution < 1.29 is 22.9 Å². The molecule has 110 valence electrons. The lowest BCUT2D eigenvalue weighted by Crippen LogP contribution is -2.28. The monoisotopic (exact) mass is 322 g/mol. The van der Waals surface area contributed by atoms with Crippen LogP contribution in [0.4, 0.5) is 5.69 Å². The number of carbonyl (C=O) groups excluding carboxylic acids is 1. The third kappa shape index (κ3) is 4.35. The second-order valence-corrected chi connectivity index (χ2v) is 6.10. The van der Waals surface area contributed by atoms with E-state index in [1.54, 1.807) is 6.92 Å². The number of nitro groups is 1. The lowest BCUT2D eigenvalue weighted by Gasteiger charge is -2.07. The molecular formula is C10H11ClN2O6S. The van der Waals surface area contributed by atoms with Crippen molar-refractivity contribution >= 4 is 31.3 Å². The average molecular weight is 323 g/mol. The second-order valence-electron chi connectivity index (χ2n) is 3.57. The van der Waals surface area contributed by atoms with Gasteiger partial charge in [-0.3, -0.25) is 14.9 Å². The SMILES string of the molecule is CCNC(=O)COc1ccc([N+](=O)[O-])c(S(=O)(=O)Cl)c1. The topological polar surface area (TPSA) is 116 Å². The van der Waals surface area contributed by atoms with E-state index in [0.717, 1.165) is 12.1 Å². The largest absolute Gasteiger partial charge is 0.484 e. The molecule has 1 rings (SSSR count). The molecule has 0 atom stereocenters. The van der Waals surface area contributed by atoms with Gasteiger partial charge in [-0.05, 0) is 13.0 Å². The van der Waals surface area contributed by atoms with Crippen molar-refractivity contribution in [2.45, 2.75) is 11.8 Å². The van der Waals surface area contributed by atoms with Crippen LogP contribution in [0, 0.1) is 10.1 Å². The van der Waals surface area contributed by atoms with Crippen molar-refractivity contribution in [1.29, 1.82) is 0 Å². The molecule has 0 saturated heterocycles. The Morgan fingerprint density at radius 2 is 2.15 bits per heavy atom. The minimum atomic E-state index is -4.30. The zero-order chi connectivity index (χ0) is 15.3. The fourth-order valence-corrected chi connectivity index (χ4v) is 2.35. The molecule has 1 N–H and O–H groups in total. The van der Waals surface area contributed by atoms with E-state index < -0.39 is 30.5 Å². The Kier molecular flexibility index (Phi) is 5.28. The van der Waals surface area contributed by atoms with Crippen molar-refractivity contribution in [3.8, 4) is 5.75 Å². The number of amides is 1. The van der Waals surface area contributed by atoms with Crippen molar-refractivity contribution in [1.82, 2.24) is 5.32 Å². The first-order valence-electron chi connectivity index (χ1n) is 5.38. The van der Waals surface area contributed by atoms with Crippen LogP contribution >= 0.6 is 10.7 Å². The van der Waals surface area contributed by atoms with Gasteiger partial charge in [-0.2, -0.15) is 0 Å². The number of hydrogen-bond acceptors (Lipinski definition) is 6. The lowest BCUT2D eigenvalue weighted by atomic mass is 10.3. The van der Waals surface area contributed by atoms with Crippen LogP contribution in [-0.4, -0.2) is 32.4 Å². The zero-order valence-corrected chi connectivity index (χ0v) is 11.9. The van der Waals surface area contributed by atoms with Gasteiger partial charge in [0.05, 0.1) is 4.92 Å². The maximum Gasteiger partial charge on any atom is 0.289 e. The van der Waals surface area contributed by atoms with Gasteiger partial charge in [0.15, 0.2) is 11.5 Å². The molecule has 0 spiro atoms. The summed E-state index contributed by atoms with van der Waals surface area (Å²) in [4.78, 5) is 20.3. The Hall–Kier alpha value is -1.87. The van der Waals surface area contributed by atoms with Crippen molar-refractivity contribution in [3.63, 3.8) is 0 Å². The van der Waals surface area contributed by atoms with Crippen LogP contribution in [-0.2, 0) is 13.8 Å². The van der Waals surface area contributed by atoms with Crippen LogP contribution in [0.5, 0.6) is 5.75 Å². The van der Waals surface area contributed by atoms with E-state index in [2.05, 4.69) is 5.32 Å². The lowest BCUT2D eigenvalue weighted by molar-refractivity contribution is -0.387. The van der Waals surface area contributed by atoms with Crippen LogP contribution in [0.2, 0.25) is 0 Å². The Balaban J connectivity index is 3.02. The van der Waals surface area contributed by atoms with E-state index in [0.29, 0.717) is 6.54 Å². The molecule has 0 saturated carbocycles. The summed E-state index contributed by atoms with van der Waals surface area (Å²) in [6.45, 7) is 1.80. The van der Waals surface area contributed by atoms with Gasteiger partial charge in [0.25, 0.3) is 20.6 Å². The van der Waals surface area contributed by atoms with Crippen LogP contribution in [0.25, 0.3) is 0 Å². The molecule has 0 aliphatic carbocycles.